The summed E-state index contributed by atoms with van der Waals surface area (Å²) in [6.07, 6.45) is 1.89. The molecule has 2 aromatic carbocycles. The lowest BCUT2D eigenvalue weighted by atomic mass is 9.79. The molecule has 0 amide bonds. The van der Waals surface area contributed by atoms with Crippen LogP contribution in [0.5, 0.6) is 23.0 Å². The van der Waals surface area contributed by atoms with Gasteiger partial charge in [0.15, 0.2) is 23.0 Å². The molecule has 2 rings (SSSR count). The summed E-state index contributed by atoms with van der Waals surface area (Å²) < 4.78 is 0. The van der Waals surface area contributed by atoms with E-state index in [4.69, 9.17) is 0 Å². The summed E-state index contributed by atoms with van der Waals surface area (Å²) in [6.45, 7) is 12.3. The molecule has 0 aliphatic carbocycles. The fraction of sp³-hybridized carbons (Fsp3) is 0.455. The van der Waals surface area contributed by atoms with Crippen molar-refractivity contribution in [2.45, 2.75) is 65.2 Å². The van der Waals surface area contributed by atoms with Crippen LogP contribution < -0.4 is 0 Å². The second kappa shape index (κ2) is 6.75. The van der Waals surface area contributed by atoms with E-state index in [1.807, 2.05) is 20.8 Å². The number of aromatic hydroxyl groups is 4. The molecule has 0 heterocycles. The predicted octanol–water partition coefficient (Wildman–Crippen LogP) is 5.55. The van der Waals surface area contributed by atoms with Gasteiger partial charge in [-0.25, -0.2) is 0 Å². The topological polar surface area (TPSA) is 80.9 Å². The molecule has 0 aromatic heterocycles. The van der Waals surface area contributed by atoms with Crippen LogP contribution in [0.1, 0.15) is 65.5 Å². The Bertz CT molecular complexity index is 814. The lowest BCUT2D eigenvalue weighted by Crippen LogP contribution is -2.16. The van der Waals surface area contributed by atoms with Gasteiger partial charge in [0.25, 0.3) is 0 Å². The van der Waals surface area contributed by atoms with Gasteiger partial charge in [-0.1, -0.05) is 48.0 Å². The van der Waals surface area contributed by atoms with Gasteiger partial charge in [0.05, 0.1) is 0 Å². The Hall–Kier alpha value is -2.36. The maximum Gasteiger partial charge on any atom is 0.165 e. The van der Waals surface area contributed by atoms with Crippen molar-refractivity contribution in [1.29, 1.82) is 0 Å². The van der Waals surface area contributed by atoms with Gasteiger partial charge in [-0.3, -0.25) is 0 Å². The van der Waals surface area contributed by atoms with Crippen LogP contribution in [0.2, 0.25) is 0 Å². The summed E-state index contributed by atoms with van der Waals surface area (Å²) in [5, 5.41) is 41.3. The molecule has 0 spiro atoms. The van der Waals surface area contributed by atoms with Gasteiger partial charge < -0.3 is 20.4 Å². The third kappa shape index (κ3) is 3.74. The summed E-state index contributed by atoms with van der Waals surface area (Å²) in [6, 6.07) is 6.63. The first-order valence-corrected chi connectivity index (χ1v) is 9.01. The lowest BCUT2D eigenvalue weighted by Gasteiger charge is -2.26. The molecule has 0 atom stereocenters. The average molecular weight is 358 g/mol. The van der Waals surface area contributed by atoms with Crippen molar-refractivity contribution in [3.05, 3.63) is 35.4 Å². The van der Waals surface area contributed by atoms with Crippen molar-refractivity contribution in [3.63, 3.8) is 0 Å². The highest BCUT2D eigenvalue weighted by Crippen LogP contribution is 2.47. The number of rotatable bonds is 4. The van der Waals surface area contributed by atoms with Gasteiger partial charge in [0.1, 0.15) is 0 Å². The van der Waals surface area contributed by atoms with Gasteiger partial charge in [-0.15, -0.1) is 0 Å². The van der Waals surface area contributed by atoms with Crippen molar-refractivity contribution < 1.29 is 20.4 Å². The summed E-state index contributed by atoms with van der Waals surface area (Å²) in [4.78, 5) is 0. The van der Waals surface area contributed by atoms with Gasteiger partial charge in [-0.05, 0) is 52.6 Å². The molecule has 4 nitrogen and oxygen atoms in total. The van der Waals surface area contributed by atoms with Gasteiger partial charge >= 0.3 is 0 Å². The largest absolute Gasteiger partial charge is 0.504 e. The highest BCUT2D eigenvalue weighted by Gasteiger charge is 2.26. The SMILES string of the molecule is CCCC(C)(C)c1cc(O)c(O)c(-c2cc(C(C)(C)C)cc(O)c2O)c1. The molecule has 0 fully saturated rings. The molecule has 0 aliphatic rings. The molecule has 0 saturated heterocycles. The molecular weight excluding hydrogens is 328 g/mol. The number of hydrogen-bond donors (Lipinski definition) is 4. The van der Waals surface area contributed by atoms with E-state index >= 15 is 0 Å². The summed E-state index contributed by atoms with van der Waals surface area (Å²) >= 11 is 0. The fourth-order valence-corrected chi connectivity index (χ4v) is 3.24. The minimum atomic E-state index is -0.307. The zero-order valence-electron chi connectivity index (χ0n) is 16.5. The first-order chi connectivity index (χ1) is 11.9. The average Bonchev–Trinajstić information content (AvgIpc) is 2.51. The van der Waals surface area contributed by atoms with Crippen LogP contribution in [0.3, 0.4) is 0 Å². The van der Waals surface area contributed by atoms with Crippen molar-refractivity contribution in [1.82, 2.24) is 0 Å². The third-order valence-corrected chi connectivity index (χ3v) is 4.99. The lowest BCUT2D eigenvalue weighted by molar-refractivity contribution is 0.396. The molecule has 4 heteroatoms. The maximum absolute atomic E-state index is 10.4. The van der Waals surface area contributed by atoms with Crippen LogP contribution in [-0.2, 0) is 10.8 Å². The van der Waals surface area contributed by atoms with E-state index in [2.05, 4.69) is 20.8 Å². The van der Waals surface area contributed by atoms with E-state index in [-0.39, 0.29) is 33.8 Å². The van der Waals surface area contributed by atoms with Gasteiger partial charge in [0.2, 0.25) is 0 Å². The smallest absolute Gasteiger partial charge is 0.165 e. The monoisotopic (exact) mass is 358 g/mol. The number of phenols is 4. The van der Waals surface area contributed by atoms with E-state index < -0.39 is 0 Å². The first-order valence-electron chi connectivity index (χ1n) is 9.01. The molecule has 0 saturated carbocycles. The van der Waals surface area contributed by atoms with E-state index in [1.165, 1.54) is 6.07 Å². The second-order valence-corrected chi connectivity index (χ2v) is 8.67. The standard InChI is InChI=1S/C22H30O4/c1-7-8-22(5,6)14-10-16(20(26)18(24)12-14)15-9-13(21(2,3)4)11-17(23)19(15)25/h9-12,23-26H,7-8H2,1-6H3. The molecule has 2 aromatic rings. The highest BCUT2D eigenvalue weighted by atomic mass is 16.3. The number of hydrogen-bond acceptors (Lipinski definition) is 4. The van der Waals surface area contributed by atoms with E-state index in [0.29, 0.717) is 11.1 Å². The van der Waals surface area contributed by atoms with Crippen molar-refractivity contribution in [2.75, 3.05) is 0 Å². The van der Waals surface area contributed by atoms with Crippen LogP contribution in [0, 0.1) is 0 Å². The minimum absolute atomic E-state index is 0.200. The molecular formula is C22H30O4. The zero-order valence-corrected chi connectivity index (χ0v) is 16.5. The Balaban J connectivity index is 2.76. The van der Waals surface area contributed by atoms with Crippen LogP contribution in [0.15, 0.2) is 24.3 Å². The van der Waals surface area contributed by atoms with Crippen molar-refractivity contribution in [2.24, 2.45) is 0 Å². The summed E-state index contributed by atoms with van der Waals surface area (Å²) in [5.41, 5.74) is 1.84. The first kappa shape index (κ1) is 20.0. The highest BCUT2D eigenvalue weighted by molar-refractivity contribution is 5.81. The Morgan fingerprint density at radius 1 is 0.692 bits per heavy atom. The Morgan fingerprint density at radius 3 is 1.54 bits per heavy atom. The van der Waals surface area contributed by atoms with E-state index in [1.54, 1.807) is 18.2 Å². The minimum Gasteiger partial charge on any atom is -0.504 e. The quantitative estimate of drug-likeness (QED) is 0.540. The normalized spacial score (nSPS) is 12.4. The van der Waals surface area contributed by atoms with Crippen LogP contribution >= 0.6 is 0 Å². The number of phenolic OH excluding ortho intramolecular Hbond substituents is 4. The van der Waals surface area contributed by atoms with Crippen LogP contribution in [-0.4, -0.2) is 20.4 Å². The molecule has 26 heavy (non-hydrogen) atoms. The maximum atomic E-state index is 10.4. The number of benzene rings is 2. The molecule has 142 valence electrons. The molecule has 0 radical (unpaired) electrons. The summed E-state index contributed by atoms with van der Waals surface area (Å²) in [5.74, 6) is -1.09. The Kier molecular flexibility index (Phi) is 5.18. The molecule has 0 bridgehead atoms. The summed E-state index contributed by atoms with van der Waals surface area (Å²) in [7, 11) is 0. The van der Waals surface area contributed by atoms with Crippen LogP contribution in [0.4, 0.5) is 0 Å². The second-order valence-electron chi connectivity index (χ2n) is 8.67. The van der Waals surface area contributed by atoms with E-state index in [0.717, 1.165) is 24.0 Å². The van der Waals surface area contributed by atoms with Crippen LogP contribution in [0.25, 0.3) is 11.1 Å². The van der Waals surface area contributed by atoms with E-state index in [9.17, 15) is 20.4 Å². The third-order valence-electron chi connectivity index (χ3n) is 4.99. The van der Waals surface area contributed by atoms with Gasteiger partial charge in [-0.2, -0.15) is 0 Å². The van der Waals surface area contributed by atoms with Gasteiger partial charge in [0, 0.05) is 11.1 Å². The Labute approximate surface area is 155 Å². The molecule has 0 aliphatic heterocycles. The van der Waals surface area contributed by atoms with Crippen molar-refractivity contribution in [3.8, 4) is 34.1 Å². The molecule has 0 unspecified atom stereocenters. The Morgan fingerprint density at radius 2 is 1.12 bits per heavy atom. The predicted molar refractivity (Wildman–Crippen MR) is 105 cm³/mol. The van der Waals surface area contributed by atoms with Crippen molar-refractivity contribution >= 4 is 0 Å². The zero-order chi connectivity index (χ0) is 19.9. The molecule has 4 N–H and O–H groups in total. The fourth-order valence-electron chi connectivity index (χ4n) is 3.24.